The second-order valence-electron chi connectivity index (χ2n) is 5.16. The van der Waals surface area contributed by atoms with Gasteiger partial charge in [0.1, 0.15) is 0 Å². The Bertz CT molecular complexity index is 529. The van der Waals surface area contributed by atoms with Gasteiger partial charge in [0.25, 0.3) is 0 Å². The predicted molar refractivity (Wildman–Crippen MR) is 70.9 cm³/mol. The van der Waals surface area contributed by atoms with E-state index < -0.39 is 5.97 Å². The highest BCUT2D eigenvalue weighted by Gasteiger charge is 2.60. The molecule has 0 aromatic heterocycles. The number of hydrogen-bond acceptors (Lipinski definition) is 1. The van der Waals surface area contributed by atoms with Crippen molar-refractivity contribution >= 4 is 5.97 Å². The van der Waals surface area contributed by atoms with Gasteiger partial charge in [-0.15, -0.1) is 0 Å². The number of rotatable bonds is 2. The molecule has 0 amide bonds. The zero-order chi connectivity index (χ0) is 13.2. The van der Waals surface area contributed by atoms with Crippen molar-refractivity contribution in [3.63, 3.8) is 0 Å². The number of carbonyl (C=O) groups is 1. The summed E-state index contributed by atoms with van der Waals surface area (Å²) in [6, 6.07) is 9.73. The lowest BCUT2D eigenvalue weighted by Gasteiger charge is -1.95. The fourth-order valence-corrected chi connectivity index (χ4v) is 2.31. The van der Waals surface area contributed by atoms with E-state index in [1.807, 2.05) is 50.3 Å². The molecule has 0 aliphatic heterocycles. The van der Waals surface area contributed by atoms with Gasteiger partial charge in [-0.25, -0.2) is 0 Å². The van der Waals surface area contributed by atoms with Crippen LogP contribution in [0.25, 0.3) is 0 Å². The van der Waals surface area contributed by atoms with E-state index in [0.717, 1.165) is 5.56 Å². The molecule has 2 unspecified atom stereocenters. The highest BCUT2D eigenvalue weighted by molar-refractivity contribution is 5.76. The Labute approximate surface area is 107 Å². The van der Waals surface area contributed by atoms with Crippen LogP contribution in [0.15, 0.2) is 42.5 Å². The maximum absolute atomic E-state index is 11.0. The van der Waals surface area contributed by atoms with Gasteiger partial charge < -0.3 is 5.11 Å². The van der Waals surface area contributed by atoms with Gasteiger partial charge in [-0.1, -0.05) is 50.0 Å². The smallest absolute Gasteiger partial charge is 0.307 e. The SMILES string of the molecule is CC1(C)C(C=CC#Cc2ccccc2)C1C(=O)O. The average molecular weight is 240 g/mol. The van der Waals surface area contributed by atoms with Crippen LogP contribution in [0.5, 0.6) is 0 Å². The van der Waals surface area contributed by atoms with Crippen LogP contribution in [0, 0.1) is 29.1 Å². The summed E-state index contributed by atoms with van der Waals surface area (Å²) in [7, 11) is 0. The van der Waals surface area contributed by atoms with Gasteiger partial charge in [0.2, 0.25) is 0 Å². The monoisotopic (exact) mass is 240 g/mol. The zero-order valence-electron chi connectivity index (χ0n) is 10.6. The van der Waals surface area contributed by atoms with Crippen LogP contribution in [0.3, 0.4) is 0 Å². The van der Waals surface area contributed by atoms with Crippen LogP contribution in [0.4, 0.5) is 0 Å². The molecule has 0 radical (unpaired) electrons. The van der Waals surface area contributed by atoms with E-state index in [9.17, 15) is 4.79 Å². The molecule has 2 atom stereocenters. The van der Waals surface area contributed by atoms with Crippen molar-refractivity contribution in [2.24, 2.45) is 17.3 Å². The number of carboxylic acids is 1. The van der Waals surface area contributed by atoms with Gasteiger partial charge in [-0.3, -0.25) is 4.79 Å². The molecule has 2 nitrogen and oxygen atoms in total. The molecule has 1 aromatic carbocycles. The molecule has 92 valence electrons. The third-order valence-electron chi connectivity index (χ3n) is 3.55. The van der Waals surface area contributed by atoms with Crippen molar-refractivity contribution in [2.45, 2.75) is 13.8 Å². The molecule has 18 heavy (non-hydrogen) atoms. The standard InChI is InChI=1S/C16H16O2/c1-16(2)13(14(16)15(17)18)11-7-6-10-12-8-4-3-5-9-12/h3-5,7-9,11,13-14H,1-2H3,(H,17,18). The van der Waals surface area contributed by atoms with Crippen LogP contribution >= 0.6 is 0 Å². The van der Waals surface area contributed by atoms with Gasteiger partial charge in [0, 0.05) is 5.56 Å². The number of allylic oxidation sites excluding steroid dienone is 2. The number of hydrogen-bond donors (Lipinski definition) is 1. The largest absolute Gasteiger partial charge is 0.481 e. The summed E-state index contributed by atoms with van der Waals surface area (Å²) in [6.07, 6.45) is 3.68. The van der Waals surface area contributed by atoms with Crippen LogP contribution < -0.4 is 0 Å². The molecular formula is C16H16O2. The third-order valence-corrected chi connectivity index (χ3v) is 3.55. The molecule has 1 fully saturated rings. The van der Waals surface area contributed by atoms with Crippen LogP contribution in [-0.2, 0) is 4.79 Å². The maximum Gasteiger partial charge on any atom is 0.307 e. The fraction of sp³-hybridized carbons (Fsp3) is 0.312. The van der Waals surface area contributed by atoms with Gasteiger partial charge in [-0.05, 0) is 29.5 Å². The number of benzene rings is 1. The molecule has 0 saturated heterocycles. The summed E-state index contributed by atoms with van der Waals surface area (Å²) >= 11 is 0. The van der Waals surface area contributed by atoms with Crippen molar-refractivity contribution in [1.29, 1.82) is 0 Å². The lowest BCUT2D eigenvalue weighted by atomic mass is 10.1. The van der Waals surface area contributed by atoms with Crippen molar-refractivity contribution in [1.82, 2.24) is 0 Å². The molecule has 2 rings (SSSR count). The first kappa shape index (κ1) is 12.4. The Morgan fingerprint density at radius 3 is 2.56 bits per heavy atom. The van der Waals surface area contributed by atoms with E-state index in [1.54, 1.807) is 6.08 Å². The molecule has 1 aliphatic rings. The second-order valence-corrected chi connectivity index (χ2v) is 5.16. The second kappa shape index (κ2) is 4.70. The normalized spacial score (nSPS) is 24.3. The first-order valence-corrected chi connectivity index (χ1v) is 5.99. The number of carboxylic acid groups (broad SMARTS) is 1. The van der Waals surface area contributed by atoms with Crippen molar-refractivity contribution < 1.29 is 9.90 Å². The van der Waals surface area contributed by atoms with Crippen molar-refractivity contribution in [2.75, 3.05) is 0 Å². The summed E-state index contributed by atoms with van der Waals surface area (Å²) < 4.78 is 0. The van der Waals surface area contributed by atoms with E-state index >= 15 is 0 Å². The Morgan fingerprint density at radius 1 is 1.33 bits per heavy atom. The predicted octanol–water partition coefficient (Wildman–Crippen LogP) is 2.95. The lowest BCUT2D eigenvalue weighted by molar-refractivity contribution is -0.139. The average Bonchev–Trinajstić information content (AvgIpc) is 2.88. The molecule has 1 N–H and O–H groups in total. The van der Waals surface area contributed by atoms with E-state index in [0.29, 0.717) is 0 Å². The first-order valence-electron chi connectivity index (χ1n) is 5.99. The van der Waals surface area contributed by atoms with Gasteiger partial charge >= 0.3 is 5.97 Å². The minimum Gasteiger partial charge on any atom is -0.481 e. The van der Waals surface area contributed by atoms with Gasteiger partial charge in [0.15, 0.2) is 0 Å². The molecule has 1 aromatic rings. The molecule has 0 bridgehead atoms. The Hall–Kier alpha value is -2.01. The summed E-state index contributed by atoms with van der Waals surface area (Å²) in [5.74, 6) is 5.07. The van der Waals surface area contributed by atoms with Gasteiger partial charge in [-0.2, -0.15) is 0 Å². The quantitative estimate of drug-likeness (QED) is 0.807. The Morgan fingerprint density at radius 2 is 2.00 bits per heavy atom. The van der Waals surface area contributed by atoms with Crippen molar-refractivity contribution in [3.05, 3.63) is 48.0 Å². The minimum atomic E-state index is -0.717. The van der Waals surface area contributed by atoms with E-state index in [2.05, 4.69) is 11.8 Å². The lowest BCUT2D eigenvalue weighted by Crippen LogP contribution is -2.02. The van der Waals surface area contributed by atoms with Crippen LogP contribution in [0.2, 0.25) is 0 Å². The molecular weight excluding hydrogens is 224 g/mol. The molecule has 0 spiro atoms. The van der Waals surface area contributed by atoms with Crippen LogP contribution in [0.1, 0.15) is 19.4 Å². The minimum absolute atomic E-state index is 0.0973. The fourth-order valence-electron chi connectivity index (χ4n) is 2.31. The Kier molecular flexibility index (Phi) is 3.25. The maximum atomic E-state index is 11.0. The summed E-state index contributed by atoms with van der Waals surface area (Å²) in [4.78, 5) is 11.0. The van der Waals surface area contributed by atoms with E-state index in [4.69, 9.17) is 5.11 Å². The molecule has 1 saturated carbocycles. The zero-order valence-corrected chi connectivity index (χ0v) is 10.6. The first-order chi connectivity index (χ1) is 8.53. The van der Waals surface area contributed by atoms with E-state index in [1.165, 1.54) is 0 Å². The summed E-state index contributed by atoms with van der Waals surface area (Å²) in [5, 5.41) is 9.02. The highest BCUT2D eigenvalue weighted by atomic mass is 16.4. The third kappa shape index (κ3) is 2.46. The highest BCUT2D eigenvalue weighted by Crippen LogP contribution is 2.58. The molecule has 0 heterocycles. The topological polar surface area (TPSA) is 37.3 Å². The van der Waals surface area contributed by atoms with Gasteiger partial charge in [0.05, 0.1) is 5.92 Å². The van der Waals surface area contributed by atoms with Crippen LogP contribution in [-0.4, -0.2) is 11.1 Å². The van der Waals surface area contributed by atoms with Crippen molar-refractivity contribution in [3.8, 4) is 11.8 Å². The number of aliphatic carboxylic acids is 1. The Balaban J connectivity index is 1.99. The summed E-state index contributed by atoms with van der Waals surface area (Å²) in [6.45, 7) is 3.96. The molecule has 2 heteroatoms. The molecule has 1 aliphatic carbocycles. The van der Waals surface area contributed by atoms with E-state index in [-0.39, 0.29) is 17.3 Å². The summed E-state index contributed by atoms with van der Waals surface area (Å²) in [5.41, 5.74) is 0.823.